The fourth-order valence-corrected chi connectivity index (χ4v) is 4.04. The Morgan fingerprint density at radius 2 is 1.89 bits per heavy atom. The van der Waals surface area contributed by atoms with Gasteiger partial charge in [-0.3, -0.25) is 0 Å². The van der Waals surface area contributed by atoms with Crippen LogP contribution in [0, 0.1) is 5.82 Å². The Bertz CT molecular complexity index is 559. The molecule has 108 valence electrons. The van der Waals surface area contributed by atoms with Crippen molar-refractivity contribution in [3.05, 3.63) is 22.4 Å². The summed E-state index contributed by atoms with van der Waals surface area (Å²) in [5.74, 6) is -0.582. The summed E-state index contributed by atoms with van der Waals surface area (Å²) in [5, 5.41) is 0. The van der Waals surface area contributed by atoms with Crippen LogP contribution in [0.5, 0.6) is 0 Å². The van der Waals surface area contributed by atoms with E-state index >= 15 is 0 Å². The van der Waals surface area contributed by atoms with Crippen LogP contribution in [0.4, 0.5) is 10.1 Å². The van der Waals surface area contributed by atoms with Gasteiger partial charge >= 0.3 is 0 Å². The summed E-state index contributed by atoms with van der Waals surface area (Å²) >= 11 is 2.98. The molecule has 0 fully saturated rings. The molecule has 0 saturated carbocycles. The molecule has 0 spiro atoms. The normalized spacial score (nSPS) is 12.4. The zero-order valence-corrected chi connectivity index (χ0v) is 13.6. The van der Waals surface area contributed by atoms with Gasteiger partial charge in [0.25, 0.3) is 0 Å². The monoisotopic (exact) mass is 352 g/mol. The van der Waals surface area contributed by atoms with Crippen molar-refractivity contribution < 1.29 is 12.8 Å². The van der Waals surface area contributed by atoms with E-state index in [2.05, 4.69) is 15.9 Å². The molecule has 0 unspecified atom stereocenters. The molecule has 0 heterocycles. The molecular weight excluding hydrogens is 335 g/mol. The summed E-state index contributed by atoms with van der Waals surface area (Å²) < 4.78 is 39.6. The van der Waals surface area contributed by atoms with Crippen molar-refractivity contribution in [2.24, 2.45) is 0 Å². The zero-order chi connectivity index (χ0) is 14.8. The van der Waals surface area contributed by atoms with Crippen molar-refractivity contribution in [1.29, 1.82) is 0 Å². The third kappa shape index (κ3) is 3.27. The van der Waals surface area contributed by atoms with Gasteiger partial charge in [0.15, 0.2) is 0 Å². The Hall–Kier alpha value is -0.660. The standard InChI is InChI=1S/C12H18BrFN2O2S/c1-4-8(5-2)16(3)19(17,18)12-6-9(13)10(14)7-11(12)15/h6-8H,4-5,15H2,1-3H3. The molecule has 4 nitrogen and oxygen atoms in total. The third-order valence-corrected chi connectivity index (χ3v) is 5.74. The summed E-state index contributed by atoms with van der Waals surface area (Å²) in [6, 6.07) is 2.12. The molecule has 0 aromatic heterocycles. The first-order valence-electron chi connectivity index (χ1n) is 5.98. The number of nitrogen functional groups attached to an aromatic ring is 1. The molecule has 0 atom stereocenters. The molecule has 1 aromatic carbocycles. The number of rotatable bonds is 5. The number of benzene rings is 1. The second-order valence-corrected chi connectivity index (χ2v) is 7.12. The molecule has 0 radical (unpaired) electrons. The minimum atomic E-state index is -3.72. The molecule has 7 heteroatoms. The predicted molar refractivity (Wildman–Crippen MR) is 77.8 cm³/mol. The van der Waals surface area contributed by atoms with Gasteiger partial charge in [0.05, 0.1) is 10.2 Å². The third-order valence-electron chi connectivity index (χ3n) is 3.17. The molecule has 2 N–H and O–H groups in total. The van der Waals surface area contributed by atoms with E-state index in [1.807, 2.05) is 13.8 Å². The number of nitrogens with zero attached hydrogens (tertiary/aromatic N) is 1. The summed E-state index contributed by atoms with van der Waals surface area (Å²) in [6.45, 7) is 3.84. The van der Waals surface area contributed by atoms with Crippen LogP contribution < -0.4 is 5.73 Å². The Labute approximate surface area is 122 Å². The first-order chi connectivity index (χ1) is 8.75. The van der Waals surface area contributed by atoms with Crippen molar-refractivity contribution in [2.75, 3.05) is 12.8 Å². The lowest BCUT2D eigenvalue weighted by atomic mass is 10.2. The largest absolute Gasteiger partial charge is 0.398 e. The van der Waals surface area contributed by atoms with Gasteiger partial charge in [-0.05, 0) is 40.9 Å². The average Bonchev–Trinajstić information content (AvgIpc) is 2.34. The first-order valence-corrected chi connectivity index (χ1v) is 8.21. The van der Waals surface area contributed by atoms with E-state index in [1.165, 1.54) is 17.4 Å². The minimum Gasteiger partial charge on any atom is -0.398 e. The van der Waals surface area contributed by atoms with Crippen molar-refractivity contribution in [1.82, 2.24) is 4.31 Å². The molecule has 0 aliphatic rings. The Morgan fingerprint density at radius 3 is 2.37 bits per heavy atom. The molecule has 0 aliphatic carbocycles. The molecule has 19 heavy (non-hydrogen) atoms. The number of halogens is 2. The minimum absolute atomic E-state index is 0.0739. The highest BCUT2D eigenvalue weighted by Gasteiger charge is 2.28. The van der Waals surface area contributed by atoms with E-state index < -0.39 is 15.8 Å². The smallest absolute Gasteiger partial charge is 0.245 e. The highest BCUT2D eigenvalue weighted by molar-refractivity contribution is 9.10. The molecule has 0 bridgehead atoms. The molecule has 1 rings (SSSR count). The van der Waals surface area contributed by atoms with Crippen molar-refractivity contribution in [3.8, 4) is 0 Å². The number of hydrogen-bond donors (Lipinski definition) is 1. The quantitative estimate of drug-likeness (QED) is 0.828. The van der Waals surface area contributed by atoms with E-state index in [1.54, 1.807) is 0 Å². The second kappa shape index (κ2) is 6.19. The van der Waals surface area contributed by atoms with Gasteiger partial charge in [0, 0.05) is 13.1 Å². The lowest BCUT2D eigenvalue weighted by Crippen LogP contribution is -2.36. The van der Waals surface area contributed by atoms with E-state index in [4.69, 9.17) is 5.73 Å². The summed E-state index contributed by atoms with van der Waals surface area (Å²) in [6.07, 6.45) is 1.41. The fraction of sp³-hybridized carbons (Fsp3) is 0.500. The SMILES string of the molecule is CCC(CC)N(C)S(=O)(=O)c1cc(Br)c(F)cc1N. The summed E-state index contributed by atoms with van der Waals surface area (Å²) in [5.41, 5.74) is 5.55. The summed E-state index contributed by atoms with van der Waals surface area (Å²) in [7, 11) is -2.20. The molecule has 0 amide bonds. The van der Waals surface area contributed by atoms with Gasteiger partial charge in [-0.1, -0.05) is 13.8 Å². The lowest BCUT2D eigenvalue weighted by molar-refractivity contribution is 0.350. The maximum absolute atomic E-state index is 13.3. The first kappa shape index (κ1) is 16.4. The molecule has 0 aliphatic heterocycles. The van der Waals surface area contributed by atoms with Crippen molar-refractivity contribution >= 4 is 31.6 Å². The van der Waals surface area contributed by atoms with E-state index in [9.17, 15) is 12.8 Å². The Kier molecular flexibility index (Phi) is 5.34. The van der Waals surface area contributed by atoms with Crippen LogP contribution in [0.3, 0.4) is 0 Å². The van der Waals surface area contributed by atoms with E-state index in [0.717, 1.165) is 6.07 Å². The summed E-state index contributed by atoms with van der Waals surface area (Å²) in [4.78, 5) is -0.0739. The van der Waals surface area contributed by atoms with Gasteiger partial charge in [-0.15, -0.1) is 0 Å². The predicted octanol–water partition coefficient (Wildman–Crippen LogP) is 2.98. The van der Waals surface area contributed by atoms with Crippen LogP contribution in [0.2, 0.25) is 0 Å². The highest BCUT2D eigenvalue weighted by Crippen LogP contribution is 2.29. The highest BCUT2D eigenvalue weighted by atomic mass is 79.9. The maximum Gasteiger partial charge on any atom is 0.245 e. The molecule has 1 aromatic rings. The van der Waals surface area contributed by atoms with Crippen LogP contribution in [-0.2, 0) is 10.0 Å². The Morgan fingerprint density at radius 1 is 1.37 bits per heavy atom. The van der Waals surface area contributed by atoms with Crippen LogP contribution in [0.25, 0.3) is 0 Å². The zero-order valence-electron chi connectivity index (χ0n) is 11.2. The van der Waals surface area contributed by atoms with E-state index in [0.29, 0.717) is 12.8 Å². The number of sulfonamides is 1. The van der Waals surface area contributed by atoms with E-state index in [-0.39, 0.29) is 21.1 Å². The second-order valence-electron chi connectivity index (χ2n) is 4.30. The van der Waals surface area contributed by atoms with Crippen LogP contribution >= 0.6 is 15.9 Å². The van der Waals surface area contributed by atoms with Crippen LogP contribution in [0.1, 0.15) is 26.7 Å². The van der Waals surface area contributed by atoms with Gasteiger partial charge in [-0.25, -0.2) is 12.8 Å². The molecule has 0 saturated heterocycles. The van der Waals surface area contributed by atoms with Gasteiger partial charge < -0.3 is 5.73 Å². The van der Waals surface area contributed by atoms with Gasteiger partial charge in [-0.2, -0.15) is 4.31 Å². The number of hydrogen-bond acceptors (Lipinski definition) is 3. The lowest BCUT2D eigenvalue weighted by Gasteiger charge is -2.26. The van der Waals surface area contributed by atoms with Gasteiger partial charge in [0.1, 0.15) is 10.7 Å². The number of nitrogens with two attached hydrogens (primary N) is 1. The van der Waals surface area contributed by atoms with Gasteiger partial charge in [0.2, 0.25) is 10.0 Å². The maximum atomic E-state index is 13.3. The van der Waals surface area contributed by atoms with Crippen LogP contribution in [0.15, 0.2) is 21.5 Å². The van der Waals surface area contributed by atoms with Crippen LogP contribution in [-0.4, -0.2) is 25.8 Å². The Balaban J connectivity index is 3.31. The molecular formula is C12H18BrFN2O2S. The van der Waals surface area contributed by atoms with Crippen molar-refractivity contribution in [2.45, 2.75) is 37.6 Å². The topological polar surface area (TPSA) is 63.4 Å². The average molecular weight is 353 g/mol. The fourth-order valence-electron chi connectivity index (χ4n) is 1.92. The number of anilines is 1. The van der Waals surface area contributed by atoms with Crippen molar-refractivity contribution in [3.63, 3.8) is 0 Å².